The summed E-state index contributed by atoms with van der Waals surface area (Å²) in [6.45, 7) is 10.1. The van der Waals surface area contributed by atoms with E-state index in [9.17, 15) is 9.18 Å². The Kier molecular flexibility index (Phi) is 8.73. The Balaban J connectivity index is 1.77. The summed E-state index contributed by atoms with van der Waals surface area (Å²) in [7, 11) is 0. The highest BCUT2D eigenvalue weighted by Crippen LogP contribution is 2.34. The van der Waals surface area contributed by atoms with E-state index >= 15 is 0 Å². The van der Waals surface area contributed by atoms with Gasteiger partial charge in [0.2, 0.25) is 0 Å². The molecule has 1 aromatic heterocycles. The number of nitrogens with zero attached hydrogens (tertiary/aromatic N) is 3. The molecule has 4 aromatic rings. The molecule has 0 radical (unpaired) electrons. The fraction of sp³-hybridized carbons (Fsp3) is 0.233. The van der Waals surface area contributed by atoms with E-state index in [0.717, 1.165) is 10.0 Å². The molecule has 196 valence electrons. The maximum absolute atomic E-state index is 14.2. The van der Waals surface area contributed by atoms with Crippen molar-refractivity contribution >= 4 is 33.0 Å². The van der Waals surface area contributed by atoms with Crippen LogP contribution >= 0.6 is 15.9 Å². The maximum Gasteiger partial charge on any atom is 0.282 e. The zero-order valence-electron chi connectivity index (χ0n) is 21.6. The highest BCUT2D eigenvalue weighted by molar-refractivity contribution is 9.10. The molecule has 3 aromatic carbocycles. The summed E-state index contributed by atoms with van der Waals surface area (Å²) in [5.41, 5.74) is 2.33. The molecule has 6 nitrogen and oxygen atoms in total. The van der Waals surface area contributed by atoms with Gasteiger partial charge in [-0.25, -0.2) is 9.37 Å². The van der Waals surface area contributed by atoms with E-state index in [1.54, 1.807) is 42.6 Å². The molecular formula is C30H29BrFN3O3. The molecule has 4 rings (SSSR count). The van der Waals surface area contributed by atoms with Crippen molar-refractivity contribution in [1.29, 1.82) is 0 Å². The molecule has 0 saturated carbocycles. The number of aromatic nitrogens is 2. The third-order valence-corrected chi connectivity index (χ3v) is 6.31. The predicted octanol–water partition coefficient (Wildman–Crippen LogP) is 7.01. The first-order valence-corrected chi connectivity index (χ1v) is 13.1. The Morgan fingerprint density at radius 2 is 1.92 bits per heavy atom. The van der Waals surface area contributed by atoms with Crippen LogP contribution in [0.2, 0.25) is 0 Å². The van der Waals surface area contributed by atoms with E-state index in [-0.39, 0.29) is 23.9 Å². The molecule has 0 amide bonds. The Morgan fingerprint density at radius 1 is 1.13 bits per heavy atom. The zero-order chi connectivity index (χ0) is 27.2. The summed E-state index contributed by atoms with van der Waals surface area (Å²) >= 11 is 3.43. The van der Waals surface area contributed by atoms with Gasteiger partial charge >= 0.3 is 0 Å². The third kappa shape index (κ3) is 6.02. The molecule has 0 aliphatic carbocycles. The summed E-state index contributed by atoms with van der Waals surface area (Å²) in [6.07, 6.45) is 3.86. The first-order chi connectivity index (χ1) is 18.3. The van der Waals surface area contributed by atoms with Crippen LogP contribution in [0.1, 0.15) is 49.2 Å². The molecule has 0 unspecified atom stereocenters. The zero-order valence-corrected chi connectivity index (χ0v) is 23.2. The van der Waals surface area contributed by atoms with Gasteiger partial charge in [-0.2, -0.15) is 9.78 Å². The number of fused-ring (bicyclic) bond motifs is 1. The van der Waals surface area contributed by atoms with Gasteiger partial charge in [-0.3, -0.25) is 4.79 Å². The molecule has 0 bridgehead atoms. The average molecular weight is 578 g/mol. The molecule has 8 heteroatoms. The predicted molar refractivity (Wildman–Crippen MR) is 153 cm³/mol. The van der Waals surface area contributed by atoms with E-state index in [1.807, 2.05) is 39.0 Å². The van der Waals surface area contributed by atoms with Gasteiger partial charge in [-0.1, -0.05) is 54.1 Å². The molecule has 1 heterocycles. The fourth-order valence-electron chi connectivity index (χ4n) is 4.03. The lowest BCUT2D eigenvalue weighted by Gasteiger charge is -2.17. The quantitative estimate of drug-likeness (QED) is 0.150. The number of allylic oxidation sites excluding steroid dienone is 1. The van der Waals surface area contributed by atoms with E-state index in [1.165, 1.54) is 10.7 Å². The van der Waals surface area contributed by atoms with Gasteiger partial charge in [0.05, 0.1) is 23.7 Å². The van der Waals surface area contributed by atoms with Crippen LogP contribution in [0.15, 0.2) is 81.6 Å². The van der Waals surface area contributed by atoms with Crippen LogP contribution in [0.25, 0.3) is 10.9 Å². The molecule has 38 heavy (non-hydrogen) atoms. The Labute approximate surface area is 229 Å². The van der Waals surface area contributed by atoms with Gasteiger partial charge in [-0.15, -0.1) is 6.58 Å². The van der Waals surface area contributed by atoms with Crippen molar-refractivity contribution in [3.05, 3.63) is 110 Å². The summed E-state index contributed by atoms with van der Waals surface area (Å²) in [6, 6.07) is 15.6. The second-order valence-corrected chi connectivity index (χ2v) is 9.88. The summed E-state index contributed by atoms with van der Waals surface area (Å²) in [4.78, 5) is 18.1. The normalized spacial score (nSPS) is 11.4. The number of benzene rings is 3. The molecule has 0 atom stereocenters. The summed E-state index contributed by atoms with van der Waals surface area (Å²) in [5, 5.41) is 5.02. The monoisotopic (exact) mass is 577 g/mol. The third-order valence-electron chi connectivity index (χ3n) is 5.82. The number of ether oxygens (including phenoxy) is 2. The molecule has 0 fully saturated rings. The average Bonchev–Trinajstić information content (AvgIpc) is 2.89. The second-order valence-electron chi connectivity index (χ2n) is 8.96. The van der Waals surface area contributed by atoms with Gasteiger partial charge in [0.15, 0.2) is 11.5 Å². The van der Waals surface area contributed by atoms with Crippen LogP contribution in [0.4, 0.5) is 4.39 Å². The lowest BCUT2D eigenvalue weighted by molar-refractivity contribution is 0.263. The standard InChI is InChI=1S/C30H29BrFN3O3/c1-5-9-21-14-20(15-27(37-6-2)28(21)38-18-22-10-7-8-11-25(22)32)17-33-35-29(19(3)4)34-26-13-12-23(31)16-24(26)30(35)36/h5,7-8,10-17,19H,1,6,9,18H2,2-4H3. The first kappa shape index (κ1) is 27.3. The lowest BCUT2D eigenvalue weighted by Crippen LogP contribution is -2.23. The van der Waals surface area contributed by atoms with Gasteiger partial charge in [0.25, 0.3) is 5.56 Å². The van der Waals surface area contributed by atoms with Crippen LogP contribution in [0.5, 0.6) is 11.5 Å². The van der Waals surface area contributed by atoms with E-state index < -0.39 is 0 Å². The molecule has 0 saturated heterocycles. The van der Waals surface area contributed by atoms with Crippen molar-refractivity contribution in [1.82, 2.24) is 9.66 Å². The topological polar surface area (TPSA) is 65.7 Å². The van der Waals surface area contributed by atoms with Crippen molar-refractivity contribution < 1.29 is 13.9 Å². The Bertz CT molecular complexity index is 1560. The highest BCUT2D eigenvalue weighted by Gasteiger charge is 2.16. The smallest absolute Gasteiger partial charge is 0.282 e. The molecular weight excluding hydrogens is 549 g/mol. The Hall–Kier alpha value is -3.78. The largest absolute Gasteiger partial charge is 0.490 e. The van der Waals surface area contributed by atoms with Gasteiger partial charge in [-0.05, 0) is 55.3 Å². The van der Waals surface area contributed by atoms with Crippen LogP contribution in [-0.4, -0.2) is 22.5 Å². The van der Waals surface area contributed by atoms with Crippen LogP contribution in [0, 0.1) is 5.82 Å². The second kappa shape index (κ2) is 12.2. The number of hydrogen-bond acceptors (Lipinski definition) is 5. The van der Waals surface area contributed by atoms with E-state index in [4.69, 9.17) is 14.5 Å². The highest BCUT2D eigenvalue weighted by atomic mass is 79.9. The molecule has 0 aliphatic heterocycles. The van der Waals surface area contributed by atoms with Gasteiger partial charge < -0.3 is 9.47 Å². The molecule has 0 spiro atoms. The summed E-state index contributed by atoms with van der Waals surface area (Å²) in [5.74, 6) is 1.22. The van der Waals surface area contributed by atoms with Gasteiger partial charge in [0, 0.05) is 21.5 Å². The van der Waals surface area contributed by atoms with Crippen molar-refractivity contribution in [2.75, 3.05) is 6.61 Å². The maximum atomic E-state index is 14.2. The minimum atomic E-state index is -0.332. The van der Waals surface area contributed by atoms with Crippen molar-refractivity contribution in [3.63, 3.8) is 0 Å². The van der Waals surface area contributed by atoms with Crippen molar-refractivity contribution in [2.24, 2.45) is 5.10 Å². The van der Waals surface area contributed by atoms with E-state index in [2.05, 4.69) is 27.6 Å². The first-order valence-electron chi connectivity index (χ1n) is 12.4. The Morgan fingerprint density at radius 3 is 2.63 bits per heavy atom. The fourth-order valence-corrected chi connectivity index (χ4v) is 4.39. The summed E-state index contributed by atoms with van der Waals surface area (Å²) < 4.78 is 28.3. The lowest BCUT2D eigenvalue weighted by atomic mass is 10.1. The van der Waals surface area contributed by atoms with Gasteiger partial charge in [0.1, 0.15) is 18.2 Å². The van der Waals surface area contributed by atoms with Crippen molar-refractivity contribution in [3.8, 4) is 11.5 Å². The van der Waals surface area contributed by atoms with Crippen molar-refractivity contribution in [2.45, 2.75) is 39.7 Å². The number of hydrogen-bond donors (Lipinski definition) is 0. The van der Waals surface area contributed by atoms with Crippen LogP contribution < -0.4 is 15.0 Å². The molecule has 0 aliphatic rings. The molecule has 0 N–H and O–H groups in total. The number of halogens is 2. The minimum Gasteiger partial charge on any atom is -0.490 e. The van der Waals surface area contributed by atoms with E-state index in [0.29, 0.717) is 52.4 Å². The van der Waals surface area contributed by atoms with Crippen LogP contribution in [-0.2, 0) is 13.0 Å². The number of rotatable bonds is 10. The minimum absolute atomic E-state index is 0.0302. The van der Waals surface area contributed by atoms with Crippen LogP contribution in [0.3, 0.4) is 0 Å². The SMILES string of the molecule is C=CCc1cc(C=Nn2c(C(C)C)nc3ccc(Br)cc3c2=O)cc(OCC)c1OCc1ccccc1F.